The number of para-hydroxylation sites is 1. The smallest absolute Gasteiger partial charge is 0.194 e. The molecule has 2 nitrogen and oxygen atoms in total. The van der Waals surface area contributed by atoms with E-state index in [0.717, 1.165) is 23.4 Å². The van der Waals surface area contributed by atoms with Crippen molar-refractivity contribution in [1.82, 2.24) is 5.32 Å². The summed E-state index contributed by atoms with van der Waals surface area (Å²) in [6.45, 7) is 2.13. The minimum Gasteiger partial charge on any atom is -0.496 e. The number of methoxy groups -OCH3 is 1. The van der Waals surface area contributed by atoms with E-state index in [-0.39, 0.29) is 12.6 Å². The number of rotatable bonds is 5. The molecule has 0 radical (unpaired) electrons. The van der Waals surface area contributed by atoms with Gasteiger partial charge in [0.25, 0.3) is 0 Å². The number of ether oxygens (including phenoxy) is 1. The van der Waals surface area contributed by atoms with Crippen molar-refractivity contribution >= 4 is 0 Å². The Bertz CT molecular complexity index is 608. The van der Waals surface area contributed by atoms with Crippen LogP contribution in [-0.4, -0.2) is 7.11 Å². The van der Waals surface area contributed by atoms with E-state index in [9.17, 15) is 13.2 Å². The van der Waals surface area contributed by atoms with Gasteiger partial charge in [0.1, 0.15) is 5.75 Å². The van der Waals surface area contributed by atoms with Crippen molar-refractivity contribution in [2.24, 2.45) is 0 Å². The molecule has 0 fully saturated rings. The average Bonchev–Trinajstić information content (AvgIpc) is 2.50. The van der Waals surface area contributed by atoms with Gasteiger partial charge < -0.3 is 10.1 Å². The number of hydrogen-bond acceptors (Lipinski definition) is 2. The van der Waals surface area contributed by atoms with E-state index in [1.165, 1.54) is 0 Å². The molecule has 1 N–H and O–H groups in total. The molecule has 1 atom stereocenters. The Morgan fingerprint density at radius 2 is 1.71 bits per heavy atom. The number of halogens is 3. The third kappa shape index (κ3) is 3.55. The van der Waals surface area contributed by atoms with E-state index < -0.39 is 17.5 Å². The summed E-state index contributed by atoms with van der Waals surface area (Å²) in [6, 6.07) is 9.37. The van der Waals surface area contributed by atoms with Crippen molar-refractivity contribution in [3.05, 3.63) is 65.0 Å². The largest absolute Gasteiger partial charge is 0.496 e. The molecule has 0 bridgehead atoms. The second-order valence-electron chi connectivity index (χ2n) is 4.72. The standard InChI is InChI=1S/C16H16F3NO/c1-10(12-5-3-4-6-15(12)21-2)20-9-11-7-13(17)16(19)14(18)8-11/h3-8,10,20H,9H2,1-2H3. The summed E-state index contributed by atoms with van der Waals surface area (Å²) >= 11 is 0. The van der Waals surface area contributed by atoms with Crippen LogP contribution in [0.4, 0.5) is 13.2 Å². The zero-order valence-electron chi connectivity index (χ0n) is 11.8. The van der Waals surface area contributed by atoms with Crippen LogP contribution in [0.15, 0.2) is 36.4 Å². The second kappa shape index (κ2) is 6.63. The number of benzene rings is 2. The van der Waals surface area contributed by atoms with Crippen molar-refractivity contribution in [3.63, 3.8) is 0 Å². The molecule has 0 amide bonds. The van der Waals surface area contributed by atoms with Crippen molar-refractivity contribution in [2.45, 2.75) is 19.5 Å². The van der Waals surface area contributed by atoms with E-state index in [2.05, 4.69) is 5.32 Å². The van der Waals surface area contributed by atoms with Gasteiger partial charge in [0, 0.05) is 18.2 Å². The normalized spacial score (nSPS) is 12.2. The first-order valence-electron chi connectivity index (χ1n) is 6.52. The zero-order chi connectivity index (χ0) is 15.4. The zero-order valence-corrected chi connectivity index (χ0v) is 11.8. The third-order valence-electron chi connectivity index (χ3n) is 3.26. The van der Waals surface area contributed by atoms with E-state index >= 15 is 0 Å². The van der Waals surface area contributed by atoms with Gasteiger partial charge in [-0.1, -0.05) is 18.2 Å². The van der Waals surface area contributed by atoms with E-state index in [1.807, 2.05) is 31.2 Å². The molecule has 0 saturated carbocycles. The van der Waals surface area contributed by atoms with E-state index in [1.54, 1.807) is 7.11 Å². The van der Waals surface area contributed by atoms with Crippen LogP contribution in [0.5, 0.6) is 5.75 Å². The Morgan fingerprint density at radius 1 is 1.10 bits per heavy atom. The SMILES string of the molecule is COc1ccccc1C(C)NCc1cc(F)c(F)c(F)c1. The van der Waals surface area contributed by atoms with Gasteiger partial charge in [-0.15, -0.1) is 0 Å². The highest BCUT2D eigenvalue weighted by molar-refractivity contribution is 5.35. The van der Waals surface area contributed by atoms with Gasteiger partial charge in [-0.3, -0.25) is 0 Å². The lowest BCUT2D eigenvalue weighted by Crippen LogP contribution is -2.19. The highest BCUT2D eigenvalue weighted by Crippen LogP contribution is 2.24. The molecule has 2 rings (SSSR count). The van der Waals surface area contributed by atoms with Crippen molar-refractivity contribution in [1.29, 1.82) is 0 Å². The van der Waals surface area contributed by atoms with E-state index in [0.29, 0.717) is 5.56 Å². The second-order valence-corrected chi connectivity index (χ2v) is 4.72. The van der Waals surface area contributed by atoms with Gasteiger partial charge in [-0.2, -0.15) is 0 Å². The average molecular weight is 295 g/mol. The molecule has 0 saturated heterocycles. The molecule has 2 aromatic rings. The van der Waals surface area contributed by atoms with Gasteiger partial charge in [0.05, 0.1) is 7.11 Å². The molecule has 0 spiro atoms. The number of nitrogens with one attached hydrogen (secondary N) is 1. The first kappa shape index (κ1) is 15.4. The Hall–Kier alpha value is -2.01. The fraction of sp³-hybridized carbons (Fsp3) is 0.250. The molecule has 0 aliphatic carbocycles. The molecule has 0 aliphatic rings. The molecule has 112 valence electrons. The maximum atomic E-state index is 13.1. The molecular formula is C16H16F3NO. The highest BCUT2D eigenvalue weighted by atomic mass is 19.2. The van der Waals surface area contributed by atoms with Crippen molar-refractivity contribution in [3.8, 4) is 5.75 Å². The van der Waals surface area contributed by atoms with E-state index in [4.69, 9.17) is 4.74 Å². The summed E-state index contributed by atoms with van der Waals surface area (Å²) in [4.78, 5) is 0. The van der Waals surface area contributed by atoms with Gasteiger partial charge in [-0.05, 0) is 30.7 Å². The first-order chi connectivity index (χ1) is 10.0. The van der Waals surface area contributed by atoms with Gasteiger partial charge >= 0.3 is 0 Å². The Balaban J connectivity index is 2.09. The van der Waals surface area contributed by atoms with Gasteiger partial charge in [0.15, 0.2) is 17.5 Å². The summed E-state index contributed by atoms with van der Waals surface area (Å²) in [7, 11) is 1.58. The van der Waals surface area contributed by atoms with Crippen LogP contribution in [0.2, 0.25) is 0 Å². The predicted molar refractivity (Wildman–Crippen MR) is 74.6 cm³/mol. The lowest BCUT2D eigenvalue weighted by atomic mass is 10.1. The minimum absolute atomic E-state index is 0.0858. The van der Waals surface area contributed by atoms with Crippen LogP contribution in [0, 0.1) is 17.5 Å². The third-order valence-corrected chi connectivity index (χ3v) is 3.26. The molecule has 0 aromatic heterocycles. The highest BCUT2D eigenvalue weighted by Gasteiger charge is 2.13. The fourth-order valence-electron chi connectivity index (χ4n) is 2.12. The van der Waals surface area contributed by atoms with Crippen LogP contribution in [0.25, 0.3) is 0 Å². The lowest BCUT2D eigenvalue weighted by Gasteiger charge is -2.17. The molecule has 1 unspecified atom stereocenters. The molecular weight excluding hydrogens is 279 g/mol. The van der Waals surface area contributed by atoms with Crippen LogP contribution >= 0.6 is 0 Å². The summed E-state index contributed by atoms with van der Waals surface area (Å²) in [6.07, 6.45) is 0. The van der Waals surface area contributed by atoms with Gasteiger partial charge in [0.2, 0.25) is 0 Å². The van der Waals surface area contributed by atoms with Crippen LogP contribution in [0.1, 0.15) is 24.1 Å². The van der Waals surface area contributed by atoms with Crippen LogP contribution in [0.3, 0.4) is 0 Å². The molecule has 2 aromatic carbocycles. The monoisotopic (exact) mass is 295 g/mol. The molecule has 21 heavy (non-hydrogen) atoms. The molecule has 5 heteroatoms. The van der Waals surface area contributed by atoms with Crippen molar-refractivity contribution in [2.75, 3.05) is 7.11 Å². The predicted octanol–water partition coefficient (Wildman–Crippen LogP) is 3.96. The lowest BCUT2D eigenvalue weighted by molar-refractivity contribution is 0.401. The maximum Gasteiger partial charge on any atom is 0.194 e. The fourth-order valence-corrected chi connectivity index (χ4v) is 2.12. The van der Waals surface area contributed by atoms with Gasteiger partial charge in [-0.25, -0.2) is 13.2 Å². The van der Waals surface area contributed by atoms with Crippen molar-refractivity contribution < 1.29 is 17.9 Å². The Kier molecular flexibility index (Phi) is 4.85. The Labute approximate surface area is 121 Å². The van der Waals surface area contributed by atoms with Crippen LogP contribution in [-0.2, 0) is 6.54 Å². The molecule has 0 heterocycles. The first-order valence-corrected chi connectivity index (χ1v) is 6.52. The summed E-state index contributed by atoms with van der Waals surface area (Å²) < 4.78 is 44.4. The number of hydrogen-bond donors (Lipinski definition) is 1. The quantitative estimate of drug-likeness (QED) is 0.843. The Morgan fingerprint density at radius 3 is 2.33 bits per heavy atom. The molecule has 0 aliphatic heterocycles. The summed E-state index contributed by atoms with van der Waals surface area (Å²) in [5.41, 5.74) is 1.27. The summed E-state index contributed by atoms with van der Waals surface area (Å²) in [5, 5.41) is 3.13. The topological polar surface area (TPSA) is 21.3 Å². The summed E-state index contributed by atoms with van der Waals surface area (Å²) in [5.74, 6) is -3.08. The maximum absolute atomic E-state index is 13.1. The van der Waals surface area contributed by atoms with Crippen LogP contribution < -0.4 is 10.1 Å². The minimum atomic E-state index is -1.45.